The first kappa shape index (κ1) is 18.8. The number of thioether (sulfide) groups is 1. The van der Waals surface area contributed by atoms with Crippen LogP contribution in [0.2, 0.25) is 0 Å². The van der Waals surface area contributed by atoms with E-state index in [0.717, 1.165) is 37.4 Å². The number of nitrogens with zero attached hydrogens (tertiary/aromatic N) is 2. The molecule has 0 aromatic heterocycles. The number of amidine groups is 1. The molecule has 0 atom stereocenters. The normalized spacial score (nSPS) is 21.3. The molecule has 4 rings (SSSR count). The molecule has 2 aromatic carbocycles. The van der Waals surface area contributed by atoms with E-state index in [2.05, 4.69) is 69.7 Å². The van der Waals surface area contributed by atoms with E-state index in [4.69, 9.17) is 6.42 Å². The molecule has 2 aliphatic heterocycles. The number of hydrogen-bond donors (Lipinski definition) is 1. The first-order valence-electron chi connectivity index (χ1n) is 9.60. The van der Waals surface area contributed by atoms with E-state index in [1.54, 1.807) is 0 Å². The first-order valence-corrected chi connectivity index (χ1v) is 10.4. The molecule has 2 aromatic rings. The number of benzene rings is 2. The Morgan fingerprint density at radius 3 is 2.79 bits per heavy atom. The molecule has 0 spiro atoms. The SMILES string of the molecule is C#CCN=C1NC(=O)SC1=CC1CCN(Cc2ccc3ccccc3c2)CC1. The molecule has 28 heavy (non-hydrogen) atoms. The molecule has 4 nitrogen and oxygen atoms in total. The molecule has 0 unspecified atom stereocenters. The van der Waals surface area contributed by atoms with Crippen LogP contribution in [0.3, 0.4) is 0 Å². The van der Waals surface area contributed by atoms with Gasteiger partial charge in [-0.3, -0.25) is 14.7 Å². The summed E-state index contributed by atoms with van der Waals surface area (Å²) in [6.45, 7) is 3.39. The Balaban J connectivity index is 1.36. The summed E-state index contributed by atoms with van der Waals surface area (Å²) < 4.78 is 0. The molecule has 0 saturated carbocycles. The van der Waals surface area contributed by atoms with Crippen LogP contribution >= 0.6 is 11.8 Å². The lowest BCUT2D eigenvalue weighted by molar-refractivity contribution is 0.196. The lowest BCUT2D eigenvalue weighted by Crippen LogP contribution is -2.32. The van der Waals surface area contributed by atoms with Gasteiger partial charge < -0.3 is 5.32 Å². The quantitative estimate of drug-likeness (QED) is 0.787. The third kappa shape index (κ3) is 4.46. The van der Waals surface area contributed by atoms with Gasteiger partial charge in [0.25, 0.3) is 5.24 Å². The molecule has 0 radical (unpaired) electrons. The van der Waals surface area contributed by atoms with Crippen LogP contribution in [0, 0.1) is 18.3 Å². The minimum atomic E-state index is -0.0734. The fourth-order valence-electron chi connectivity index (χ4n) is 3.77. The Hall–Kier alpha value is -2.55. The molecule has 0 aliphatic carbocycles. The van der Waals surface area contributed by atoms with Crippen molar-refractivity contribution in [3.63, 3.8) is 0 Å². The van der Waals surface area contributed by atoms with Crippen molar-refractivity contribution in [1.82, 2.24) is 10.2 Å². The van der Waals surface area contributed by atoms with E-state index in [-0.39, 0.29) is 11.8 Å². The van der Waals surface area contributed by atoms with Gasteiger partial charge in [-0.05, 0) is 66.0 Å². The van der Waals surface area contributed by atoms with E-state index in [9.17, 15) is 4.79 Å². The minimum Gasteiger partial charge on any atom is -0.300 e. The minimum absolute atomic E-state index is 0.0734. The predicted octanol–water partition coefficient (Wildman–Crippen LogP) is 4.42. The van der Waals surface area contributed by atoms with Crippen LogP contribution in [0.15, 0.2) is 58.4 Å². The largest absolute Gasteiger partial charge is 0.300 e. The summed E-state index contributed by atoms with van der Waals surface area (Å²) >= 11 is 1.22. The van der Waals surface area contributed by atoms with Gasteiger partial charge >= 0.3 is 0 Å². The van der Waals surface area contributed by atoms with Crippen molar-refractivity contribution in [3.05, 3.63) is 59.0 Å². The first-order chi connectivity index (χ1) is 13.7. The van der Waals surface area contributed by atoms with E-state index in [0.29, 0.717) is 11.8 Å². The van der Waals surface area contributed by atoms with Gasteiger partial charge in [-0.1, -0.05) is 48.4 Å². The number of aliphatic imine (C=N–C) groups is 1. The van der Waals surface area contributed by atoms with Crippen LogP contribution in [0.25, 0.3) is 10.8 Å². The van der Waals surface area contributed by atoms with Crippen molar-refractivity contribution >= 4 is 33.6 Å². The Morgan fingerprint density at radius 1 is 1.21 bits per heavy atom. The highest BCUT2D eigenvalue weighted by molar-refractivity contribution is 8.18. The number of carbonyl (C=O) groups excluding carboxylic acids is 1. The highest BCUT2D eigenvalue weighted by Gasteiger charge is 2.26. The smallest absolute Gasteiger partial charge is 0.289 e. The van der Waals surface area contributed by atoms with Crippen LogP contribution < -0.4 is 5.32 Å². The zero-order chi connectivity index (χ0) is 19.3. The maximum Gasteiger partial charge on any atom is 0.289 e. The average Bonchev–Trinajstić information content (AvgIpc) is 3.06. The second-order valence-corrected chi connectivity index (χ2v) is 8.22. The Bertz CT molecular complexity index is 981. The molecule has 5 heteroatoms. The fraction of sp³-hybridized carbons (Fsp3) is 0.304. The van der Waals surface area contributed by atoms with Gasteiger partial charge in [0.2, 0.25) is 0 Å². The van der Waals surface area contributed by atoms with Gasteiger partial charge in [0.15, 0.2) is 0 Å². The Labute approximate surface area is 170 Å². The highest BCUT2D eigenvalue weighted by Crippen LogP contribution is 2.29. The molecule has 142 valence electrons. The molecular weight excluding hydrogens is 366 g/mol. The molecule has 2 saturated heterocycles. The van der Waals surface area contributed by atoms with E-state index in [1.165, 1.54) is 28.1 Å². The molecule has 1 N–H and O–H groups in total. The summed E-state index contributed by atoms with van der Waals surface area (Å²) in [5, 5.41) is 5.30. The Morgan fingerprint density at radius 2 is 2.00 bits per heavy atom. The van der Waals surface area contributed by atoms with Gasteiger partial charge in [0.05, 0.1) is 4.91 Å². The number of nitrogens with one attached hydrogen (secondary N) is 1. The number of hydrogen-bond acceptors (Lipinski definition) is 4. The zero-order valence-electron chi connectivity index (χ0n) is 15.7. The molecular formula is C23H23N3OS. The summed E-state index contributed by atoms with van der Waals surface area (Å²) in [5.74, 6) is 3.59. The van der Waals surface area contributed by atoms with E-state index >= 15 is 0 Å². The van der Waals surface area contributed by atoms with Crippen molar-refractivity contribution < 1.29 is 4.79 Å². The molecule has 2 aliphatic rings. The number of amides is 1. The summed E-state index contributed by atoms with van der Waals surface area (Å²) in [6.07, 6.45) is 9.66. The standard InChI is InChI=1S/C23H23N3OS/c1-2-11-24-22-21(28-23(27)25-22)15-17-9-12-26(13-10-17)16-18-7-8-19-5-3-4-6-20(19)14-18/h1,3-8,14-15,17H,9-13,16H2,(H,24,25,27). The summed E-state index contributed by atoms with van der Waals surface area (Å²) in [5.41, 5.74) is 1.36. The Kier molecular flexibility index (Phi) is 5.80. The number of likely N-dealkylation sites (tertiary alicyclic amines) is 1. The van der Waals surface area contributed by atoms with Crippen molar-refractivity contribution in [2.75, 3.05) is 19.6 Å². The van der Waals surface area contributed by atoms with Crippen LogP contribution in [0.1, 0.15) is 18.4 Å². The van der Waals surface area contributed by atoms with Crippen LogP contribution in [-0.2, 0) is 6.54 Å². The van der Waals surface area contributed by atoms with Crippen LogP contribution in [-0.4, -0.2) is 35.6 Å². The van der Waals surface area contributed by atoms with E-state index in [1.807, 2.05) is 0 Å². The number of piperidine rings is 1. The van der Waals surface area contributed by atoms with Gasteiger partial charge in [0, 0.05) is 6.54 Å². The lowest BCUT2D eigenvalue weighted by Gasteiger charge is -2.31. The topological polar surface area (TPSA) is 44.7 Å². The van der Waals surface area contributed by atoms with Gasteiger partial charge in [0.1, 0.15) is 12.4 Å². The molecule has 0 bridgehead atoms. The van der Waals surface area contributed by atoms with Crippen molar-refractivity contribution in [2.45, 2.75) is 19.4 Å². The second kappa shape index (κ2) is 8.64. The summed E-state index contributed by atoms with van der Waals surface area (Å²) in [6, 6.07) is 15.2. The molecule has 2 heterocycles. The van der Waals surface area contributed by atoms with Crippen LogP contribution in [0.4, 0.5) is 4.79 Å². The fourth-order valence-corrected chi connectivity index (χ4v) is 4.59. The summed E-state index contributed by atoms with van der Waals surface area (Å²) in [7, 11) is 0. The number of fused-ring (bicyclic) bond motifs is 1. The molecule has 1 amide bonds. The van der Waals surface area contributed by atoms with Gasteiger partial charge in [-0.25, -0.2) is 0 Å². The van der Waals surface area contributed by atoms with Gasteiger partial charge in [-0.15, -0.1) is 6.42 Å². The van der Waals surface area contributed by atoms with Crippen molar-refractivity contribution in [1.29, 1.82) is 0 Å². The lowest BCUT2D eigenvalue weighted by atomic mass is 9.95. The predicted molar refractivity (Wildman–Crippen MR) is 117 cm³/mol. The number of allylic oxidation sites excluding steroid dienone is 1. The highest BCUT2D eigenvalue weighted by atomic mass is 32.2. The number of carbonyl (C=O) groups is 1. The van der Waals surface area contributed by atoms with Crippen molar-refractivity contribution in [3.8, 4) is 12.3 Å². The molecule has 2 fully saturated rings. The third-order valence-corrected chi connectivity index (χ3v) is 6.06. The van der Waals surface area contributed by atoms with Crippen molar-refractivity contribution in [2.24, 2.45) is 10.9 Å². The summed E-state index contributed by atoms with van der Waals surface area (Å²) in [4.78, 5) is 19.4. The average molecular weight is 390 g/mol. The second-order valence-electron chi connectivity index (χ2n) is 7.21. The van der Waals surface area contributed by atoms with Gasteiger partial charge in [-0.2, -0.15) is 0 Å². The maximum absolute atomic E-state index is 11.7. The van der Waals surface area contributed by atoms with Crippen LogP contribution in [0.5, 0.6) is 0 Å². The number of terminal acetylenes is 1. The van der Waals surface area contributed by atoms with E-state index < -0.39 is 0 Å². The number of rotatable bonds is 4. The third-order valence-electron chi connectivity index (χ3n) is 5.22. The monoisotopic (exact) mass is 389 g/mol. The maximum atomic E-state index is 11.7. The zero-order valence-corrected chi connectivity index (χ0v) is 16.5.